The Morgan fingerprint density at radius 1 is 1.16 bits per heavy atom. The Morgan fingerprint density at radius 2 is 1.90 bits per heavy atom. The zero-order chi connectivity index (χ0) is 21.8. The van der Waals surface area contributed by atoms with Crippen molar-refractivity contribution < 1.29 is 17.9 Å². The first-order valence-corrected chi connectivity index (χ1v) is 13.0. The van der Waals surface area contributed by atoms with Gasteiger partial charge in [0.25, 0.3) is 5.91 Å². The fraction of sp³-hybridized carbons (Fsp3) is 0.500. The van der Waals surface area contributed by atoms with Crippen molar-refractivity contribution in [3.05, 3.63) is 51.7 Å². The summed E-state index contributed by atoms with van der Waals surface area (Å²) < 4.78 is 33.0. The Kier molecular flexibility index (Phi) is 7.08. The van der Waals surface area contributed by atoms with Crippen LogP contribution in [0.1, 0.15) is 39.7 Å². The highest BCUT2D eigenvalue weighted by molar-refractivity contribution is 7.89. The molecule has 31 heavy (non-hydrogen) atoms. The van der Waals surface area contributed by atoms with Crippen LogP contribution in [0.5, 0.6) is 0 Å². The molecule has 1 atom stereocenters. The third-order valence-electron chi connectivity index (χ3n) is 5.89. The van der Waals surface area contributed by atoms with Crippen LogP contribution >= 0.6 is 11.3 Å². The van der Waals surface area contributed by atoms with Gasteiger partial charge in [0.2, 0.25) is 10.0 Å². The lowest BCUT2D eigenvalue weighted by Gasteiger charge is -2.35. The average Bonchev–Trinajstić information content (AvgIpc) is 3.47. The Hall–Kier alpha value is -1.78. The third-order valence-corrected chi connectivity index (χ3v) is 8.87. The monoisotopic (exact) mass is 463 g/mol. The lowest BCUT2D eigenvalue weighted by atomic mass is 10.0. The second-order valence-electron chi connectivity index (χ2n) is 8.01. The minimum Gasteiger partial charge on any atom is -0.379 e. The molecule has 0 spiro atoms. The molecular formula is C22H29N3O4S2. The number of nitrogens with zero attached hydrogens (tertiary/aromatic N) is 2. The average molecular weight is 464 g/mol. The number of rotatable bonds is 7. The predicted molar refractivity (Wildman–Crippen MR) is 121 cm³/mol. The van der Waals surface area contributed by atoms with Crippen LogP contribution in [0.15, 0.2) is 40.6 Å². The number of amides is 1. The number of morpholine rings is 1. The van der Waals surface area contributed by atoms with Gasteiger partial charge in [0, 0.05) is 32.7 Å². The van der Waals surface area contributed by atoms with Gasteiger partial charge < -0.3 is 10.1 Å². The van der Waals surface area contributed by atoms with Crippen LogP contribution in [0.25, 0.3) is 0 Å². The van der Waals surface area contributed by atoms with Crippen molar-refractivity contribution in [2.24, 2.45) is 0 Å². The highest BCUT2D eigenvalue weighted by Gasteiger charge is 2.32. The standard InChI is InChI=1S/C22H29N3O4S2/c1-17-5-4-6-18(15-17)19(24-10-12-29-13-11-24)16-23-22(26)21-20(7-14-30-21)31(27,28)25-8-2-3-9-25/h4-7,14-15,19H,2-3,8-13,16H2,1H3,(H,23,26). The summed E-state index contributed by atoms with van der Waals surface area (Å²) in [5.74, 6) is -0.335. The fourth-order valence-corrected chi connectivity index (χ4v) is 7.06. The number of thiophene rings is 1. The maximum Gasteiger partial charge on any atom is 0.262 e. The second kappa shape index (κ2) is 9.79. The van der Waals surface area contributed by atoms with E-state index < -0.39 is 10.0 Å². The molecule has 1 N–H and O–H groups in total. The molecule has 1 amide bonds. The summed E-state index contributed by atoms with van der Waals surface area (Å²) in [5, 5.41) is 4.69. The van der Waals surface area contributed by atoms with Crippen LogP contribution in [0.3, 0.4) is 0 Å². The quantitative estimate of drug-likeness (QED) is 0.683. The number of carbonyl (C=O) groups excluding carboxylic acids is 1. The van der Waals surface area contributed by atoms with Crippen LogP contribution in [0.2, 0.25) is 0 Å². The zero-order valence-corrected chi connectivity index (χ0v) is 19.4. The highest BCUT2D eigenvalue weighted by Crippen LogP contribution is 2.28. The van der Waals surface area contributed by atoms with E-state index in [0.717, 1.165) is 31.5 Å². The van der Waals surface area contributed by atoms with E-state index in [9.17, 15) is 13.2 Å². The van der Waals surface area contributed by atoms with Crippen LogP contribution in [0, 0.1) is 6.92 Å². The molecule has 4 rings (SSSR count). The molecule has 168 valence electrons. The lowest BCUT2D eigenvalue weighted by Crippen LogP contribution is -2.44. The summed E-state index contributed by atoms with van der Waals surface area (Å²) in [6.45, 7) is 6.42. The van der Waals surface area contributed by atoms with Crippen LogP contribution in [-0.2, 0) is 14.8 Å². The SMILES string of the molecule is Cc1cccc(C(CNC(=O)c2sccc2S(=O)(=O)N2CCCC2)N2CCOCC2)c1. The molecule has 0 aliphatic carbocycles. The molecule has 1 unspecified atom stereocenters. The predicted octanol–water partition coefficient (Wildman–Crippen LogP) is 2.64. The molecule has 3 heterocycles. The smallest absolute Gasteiger partial charge is 0.262 e. The fourth-order valence-electron chi connectivity index (χ4n) is 4.23. The molecular weight excluding hydrogens is 434 g/mol. The van der Waals surface area contributed by atoms with Gasteiger partial charge >= 0.3 is 0 Å². The van der Waals surface area contributed by atoms with Gasteiger partial charge in [-0.1, -0.05) is 29.8 Å². The first kappa shape index (κ1) is 22.4. The molecule has 9 heteroatoms. The second-order valence-corrected chi connectivity index (χ2v) is 10.8. The number of nitrogens with one attached hydrogen (secondary N) is 1. The summed E-state index contributed by atoms with van der Waals surface area (Å²) >= 11 is 1.18. The molecule has 0 saturated carbocycles. The maximum atomic E-state index is 13.0. The van der Waals surface area contributed by atoms with Crippen LogP contribution in [-0.4, -0.2) is 69.5 Å². The van der Waals surface area contributed by atoms with Crippen LogP contribution < -0.4 is 5.32 Å². The minimum atomic E-state index is -3.63. The molecule has 2 fully saturated rings. The molecule has 1 aromatic heterocycles. The first-order chi connectivity index (χ1) is 15.0. The number of carbonyl (C=O) groups is 1. The van der Waals surface area contributed by atoms with E-state index in [1.165, 1.54) is 21.2 Å². The summed E-state index contributed by atoms with van der Waals surface area (Å²) in [6, 6.07) is 9.85. The van der Waals surface area contributed by atoms with Gasteiger partial charge in [-0.15, -0.1) is 11.3 Å². The molecule has 7 nitrogen and oxygen atoms in total. The first-order valence-electron chi connectivity index (χ1n) is 10.7. The molecule has 2 aliphatic heterocycles. The summed E-state index contributed by atoms with van der Waals surface area (Å²) in [6.07, 6.45) is 1.73. The van der Waals surface area contributed by atoms with Crippen molar-refractivity contribution >= 4 is 27.3 Å². The number of hydrogen-bond donors (Lipinski definition) is 1. The van der Waals surface area contributed by atoms with E-state index in [0.29, 0.717) is 32.8 Å². The highest BCUT2D eigenvalue weighted by atomic mass is 32.2. The van der Waals surface area contributed by atoms with Gasteiger partial charge in [0.1, 0.15) is 9.77 Å². The number of ether oxygens (including phenoxy) is 1. The molecule has 0 bridgehead atoms. The molecule has 1 aromatic carbocycles. The number of hydrogen-bond acceptors (Lipinski definition) is 6. The van der Waals surface area contributed by atoms with E-state index in [-0.39, 0.29) is 21.7 Å². The Balaban J connectivity index is 1.52. The van der Waals surface area contributed by atoms with Gasteiger partial charge in [-0.25, -0.2) is 8.42 Å². The van der Waals surface area contributed by atoms with E-state index in [2.05, 4.69) is 35.3 Å². The molecule has 2 aromatic rings. The normalized spacial score (nSPS) is 19.4. The molecule has 2 saturated heterocycles. The van der Waals surface area contributed by atoms with E-state index >= 15 is 0 Å². The van der Waals surface area contributed by atoms with Gasteiger partial charge in [-0.2, -0.15) is 4.31 Å². The van der Waals surface area contributed by atoms with Crippen molar-refractivity contribution in [1.29, 1.82) is 0 Å². The topological polar surface area (TPSA) is 79.0 Å². The number of aryl methyl sites for hydroxylation is 1. The van der Waals surface area contributed by atoms with Crippen molar-refractivity contribution in [2.75, 3.05) is 45.9 Å². The largest absolute Gasteiger partial charge is 0.379 e. The van der Waals surface area contributed by atoms with Crippen molar-refractivity contribution in [3.63, 3.8) is 0 Å². The minimum absolute atomic E-state index is 0.00588. The van der Waals surface area contributed by atoms with Gasteiger partial charge in [-0.3, -0.25) is 9.69 Å². The number of benzene rings is 1. The maximum absolute atomic E-state index is 13.0. The Labute approximate surface area is 188 Å². The summed E-state index contributed by atoms with van der Waals surface area (Å²) in [4.78, 5) is 15.7. The molecule has 0 radical (unpaired) electrons. The number of sulfonamides is 1. The Morgan fingerprint density at radius 3 is 2.61 bits per heavy atom. The van der Waals surface area contributed by atoms with Gasteiger partial charge in [-0.05, 0) is 36.8 Å². The molecule has 2 aliphatic rings. The van der Waals surface area contributed by atoms with E-state index in [1.54, 1.807) is 11.4 Å². The van der Waals surface area contributed by atoms with E-state index in [4.69, 9.17) is 4.74 Å². The lowest BCUT2D eigenvalue weighted by molar-refractivity contribution is 0.0162. The summed E-state index contributed by atoms with van der Waals surface area (Å²) in [5.41, 5.74) is 2.30. The third kappa shape index (κ3) is 5.01. The van der Waals surface area contributed by atoms with Crippen molar-refractivity contribution in [2.45, 2.75) is 30.7 Å². The van der Waals surface area contributed by atoms with Crippen molar-refractivity contribution in [1.82, 2.24) is 14.5 Å². The van der Waals surface area contributed by atoms with Crippen LogP contribution in [0.4, 0.5) is 0 Å². The summed E-state index contributed by atoms with van der Waals surface area (Å²) in [7, 11) is -3.63. The van der Waals surface area contributed by atoms with Gasteiger partial charge in [0.15, 0.2) is 0 Å². The van der Waals surface area contributed by atoms with Crippen molar-refractivity contribution in [3.8, 4) is 0 Å². The Bertz CT molecular complexity index is 1010. The van der Waals surface area contributed by atoms with Gasteiger partial charge in [0.05, 0.1) is 19.3 Å². The zero-order valence-electron chi connectivity index (χ0n) is 17.7. The van der Waals surface area contributed by atoms with E-state index in [1.807, 2.05) is 6.07 Å².